The highest BCUT2D eigenvalue weighted by molar-refractivity contribution is 5.75. The lowest BCUT2D eigenvalue weighted by Gasteiger charge is -2.17. The van der Waals surface area contributed by atoms with Gasteiger partial charge in [0.15, 0.2) is 5.79 Å². The van der Waals surface area contributed by atoms with Gasteiger partial charge in [-0.3, -0.25) is 4.79 Å². The summed E-state index contributed by atoms with van der Waals surface area (Å²) < 4.78 is 11.0. The van der Waals surface area contributed by atoms with Gasteiger partial charge in [0.2, 0.25) is 5.91 Å². The highest BCUT2D eigenvalue weighted by Gasteiger charge is 2.32. The van der Waals surface area contributed by atoms with Crippen LogP contribution in [-0.2, 0) is 14.3 Å². The second-order valence-electron chi connectivity index (χ2n) is 4.71. The minimum Gasteiger partial charge on any atom is -0.353 e. The largest absolute Gasteiger partial charge is 0.353 e. The second-order valence-corrected chi connectivity index (χ2v) is 4.71. The SMILES string of the molecule is CCCCCC(=O)NCC1COC(C)(C)O1. The number of hydrogen-bond donors (Lipinski definition) is 1. The van der Waals surface area contributed by atoms with Crippen molar-refractivity contribution in [2.45, 2.75) is 58.3 Å². The van der Waals surface area contributed by atoms with Crippen molar-refractivity contribution in [2.24, 2.45) is 0 Å². The zero-order valence-corrected chi connectivity index (χ0v) is 10.5. The van der Waals surface area contributed by atoms with E-state index in [1.54, 1.807) is 0 Å². The van der Waals surface area contributed by atoms with Crippen LogP contribution in [0.15, 0.2) is 0 Å². The molecule has 4 nitrogen and oxygen atoms in total. The van der Waals surface area contributed by atoms with Crippen molar-refractivity contribution < 1.29 is 14.3 Å². The van der Waals surface area contributed by atoms with Crippen LogP contribution in [0.25, 0.3) is 0 Å². The molecule has 1 atom stereocenters. The zero-order chi connectivity index (χ0) is 12.0. The normalized spacial score (nSPS) is 23.3. The van der Waals surface area contributed by atoms with E-state index in [-0.39, 0.29) is 12.0 Å². The highest BCUT2D eigenvalue weighted by atomic mass is 16.7. The lowest BCUT2D eigenvalue weighted by Crippen LogP contribution is -2.34. The number of nitrogens with one attached hydrogen (secondary N) is 1. The Morgan fingerprint density at radius 2 is 2.19 bits per heavy atom. The van der Waals surface area contributed by atoms with E-state index in [4.69, 9.17) is 9.47 Å². The molecule has 1 aliphatic rings. The third kappa shape index (κ3) is 4.94. The summed E-state index contributed by atoms with van der Waals surface area (Å²) in [4.78, 5) is 11.4. The third-order valence-corrected chi connectivity index (χ3v) is 2.60. The van der Waals surface area contributed by atoms with Gasteiger partial charge in [0, 0.05) is 13.0 Å². The van der Waals surface area contributed by atoms with Crippen molar-refractivity contribution in [1.29, 1.82) is 0 Å². The molecule has 4 heteroatoms. The molecule has 0 aliphatic carbocycles. The monoisotopic (exact) mass is 229 g/mol. The summed E-state index contributed by atoms with van der Waals surface area (Å²) in [6.45, 7) is 7.01. The van der Waals surface area contributed by atoms with Gasteiger partial charge in [0.25, 0.3) is 0 Å². The topological polar surface area (TPSA) is 47.6 Å². The maximum atomic E-state index is 11.4. The molecule has 0 aromatic heterocycles. The molecular weight excluding hydrogens is 206 g/mol. The number of carbonyl (C=O) groups excluding carboxylic acids is 1. The van der Waals surface area contributed by atoms with Crippen LogP contribution in [0.4, 0.5) is 0 Å². The van der Waals surface area contributed by atoms with E-state index < -0.39 is 5.79 Å². The van der Waals surface area contributed by atoms with E-state index >= 15 is 0 Å². The van der Waals surface area contributed by atoms with Crippen LogP contribution in [-0.4, -0.2) is 30.9 Å². The first-order valence-corrected chi connectivity index (χ1v) is 6.12. The Balaban J connectivity index is 2.08. The summed E-state index contributed by atoms with van der Waals surface area (Å²) in [5.41, 5.74) is 0. The van der Waals surface area contributed by atoms with Gasteiger partial charge < -0.3 is 14.8 Å². The predicted molar refractivity (Wildman–Crippen MR) is 62.1 cm³/mol. The number of hydrogen-bond acceptors (Lipinski definition) is 3. The van der Waals surface area contributed by atoms with Gasteiger partial charge in [-0.2, -0.15) is 0 Å². The standard InChI is InChI=1S/C12H23NO3/c1-4-5-6-7-11(14)13-8-10-9-15-12(2,3)16-10/h10H,4-9H2,1-3H3,(H,13,14). The third-order valence-electron chi connectivity index (χ3n) is 2.60. The van der Waals surface area contributed by atoms with Gasteiger partial charge in [0.05, 0.1) is 6.61 Å². The fourth-order valence-corrected chi connectivity index (χ4v) is 1.72. The first kappa shape index (κ1) is 13.5. The fourth-order valence-electron chi connectivity index (χ4n) is 1.72. The average Bonchev–Trinajstić information content (AvgIpc) is 2.56. The van der Waals surface area contributed by atoms with Crippen LogP contribution >= 0.6 is 0 Å². The molecule has 1 unspecified atom stereocenters. The molecule has 0 aromatic carbocycles. The molecule has 0 saturated carbocycles. The summed E-state index contributed by atoms with van der Waals surface area (Å²) in [7, 11) is 0. The van der Waals surface area contributed by atoms with E-state index in [1.807, 2.05) is 13.8 Å². The zero-order valence-electron chi connectivity index (χ0n) is 10.5. The van der Waals surface area contributed by atoms with Crippen LogP contribution in [0.2, 0.25) is 0 Å². The Morgan fingerprint density at radius 3 is 2.75 bits per heavy atom. The van der Waals surface area contributed by atoms with Crippen LogP contribution in [0.5, 0.6) is 0 Å². The van der Waals surface area contributed by atoms with Crippen molar-refractivity contribution in [3.05, 3.63) is 0 Å². The average molecular weight is 229 g/mol. The number of carbonyl (C=O) groups is 1. The summed E-state index contributed by atoms with van der Waals surface area (Å²) in [6.07, 6.45) is 3.83. The van der Waals surface area contributed by atoms with Gasteiger partial charge >= 0.3 is 0 Å². The molecule has 0 spiro atoms. The second kappa shape index (κ2) is 6.21. The molecule has 94 valence electrons. The van der Waals surface area contributed by atoms with E-state index in [1.165, 1.54) is 0 Å². The molecule has 0 bridgehead atoms. The summed E-state index contributed by atoms with van der Waals surface area (Å²) >= 11 is 0. The molecule has 1 fully saturated rings. The number of unbranched alkanes of at least 4 members (excludes halogenated alkanes) is 2. The molecule has 1 saturated heterocycles. The van der Waals surface area contributed by atoms with Crippen molar-refractivity contribution in [3.63, 3.8) is 0 Å². The highest BCUT2D eigenvalue weighted by Crippen LogP contribution is 2.21. The summed E-state index contributed by atoms with van der Waals surface area (Å²) in [6, 6.07) is 0. The number of amides is 1. The Labute approximate surface area is 97.7 Å². The quantitative estimate of drug-likeness (QED) is 0.707. The van der Waals surface area contributed by atoms with Gasteiger partial charge in [0.1, 0.15) is 6.10 Å². The van der Waals surface area contributed by atoms with Crippen LogP contribution in [0.3, 0.4) is 0 Å². The maximum Gasteiger partial charge on any atom is 0.220 e. The molecular formula is C12H23NO3. The van der Waals surface area contributed by atoms with Crippen LogP contribution < -0.4 is 5.32 Å². The molecule has 16 heavy (non-hydrogen) atoms. The molecule has 1 rings (SSSR count). The molecule has 1 aliphatic heterocycles. The maximum absolute atomic E-state index is 11.4. The summed E-state index contributed by atoms with van der Waals surface area (Å²) in [5, 5.41) is 2.88. The first-order valence-electron chi connectivity index (χ1n) is 6.12. The minimum absolute atomic E-state index is 0.00914. The number of rotatable bonds is 6. The Bertz CT molecular complexity index is 228. The minimum atomic E-state index is -0.502. The van der Waals surface area contributed by atoms with E-state index in [2.05, 4.69) is 12.2 Å². The first-order chi connectivity index (χ1) is 7.53. The molecule has 1 N–H and O–H groups in total. The van der Waals surface area contributed by atoms with Gasteiger partial charge in [-0.25, -0.2) is 0 Å². The Morgan fingerprint density at radius 1 is 1.44 bits per heavy atom. The Kier molecular flexibility index (Phi) is 5.22. The van der Waals surface area contributed by atoms with Crippen molar-refractivity contribution in [3.8, 4) is 0 Å². The smallest absolute Gasteiger partial charge is 0.220 e. The van der Waals surface area contributed by atoms with Gasteiger partial charge in [-0.15, -0.1) is 0 Å². The molecule has 1 heterocycles. The summed E-state index contributed by atoms with van der Waals surface area (Å²) in [5.74, 6) is -0.390. The Hall–Kier alpha value is -0.610. The van der Waals surface area contributed by atoms with Crippen molar-refractivity contribution in [1.82, 2.24) is 5.32 Å². The molecule has 1 amide bonds. The molecule has 0 aromatic rings. The van der Waals surface area contributed by atoms with E-state index in [0.29, 0.717) is 19.6 Å². The van der Waals surface area contributed by atoms with Gasteiger partial charge in [-0.1, -0.05) is 19.8 Å². The van der Waals surface area contributed by atoms with Crippen molar-refractivity contribution >= 4 is 5.91 Å². The predicted octanol–water partition coefficient (Wildman–Crippen LogP) is 1.83. The van der Waals surface area contributed by atoms with Gasteiger partial charge in [-0.05, 0) is 20.3 Å². The van der Waals surface area contributed by atoms with E-state index in [0.717, 1.165) is 19.3 Å². The van der Waals surface area contributed by atoms with Crippen molar-refractivity contribution in [2.75, 3.05) is 13.2 Å². The van der Waals surface area contributed by atoms with Crippen LogP contribution in [0.1, 0.15) is 46.5 Å². The fraction of sp³-hybridized carbons (Fsp3) is 0.917. The lowest BCUT2D eigenvalue weighted by atomic mass is 10.2. The molecule has 0 radical (unpaired) electrons. The lowest BCUT2D eigenvalue weighted by molar-refractivity contribution is -0.139. The van der Waals surface area contributed by atoms with E-state index in [9.17, 15) is 4.79 Å². The number of ether oxygens (including phenoxy) is 2. The van der Waals surface area contributed by atoms with Crippen LogP contribution in [0, 0.1) is 0 Å².